The maximum absolute atomic E-state index is 14.6. The third-order valence-corrected chi connectivity index (χ3v) is 4.95. The number of amides is 2. The molecule has 0 aromatic heterocycles. The molecule has 0 atom stereocenters. The summed E-state index contributed by atoms with van der Waals surface area (Å²) in [5.41, 5.74) is 0.412. The highest BCUT2D eigenvalue weighted by atomic mass is 19.3. The van der Waals surface area contributed by atoms with Crippen LogP contribution in [0.4, 0.5) is 23.7 Å². The van der Waals surface area contributed by atoms with Gasteiger partial charge in [-0.25, -0.2) is 14.0 Å². The van der Waals surface area contributed by atoms with Gasteiger partial charge in [0.25, 0.3) is 0 Å². The molecule has 31 heavy (non-hydrogen) atoms. The number of carboxylic acids is 1. The average Bonchev–Trinajstić information content (AvgIpc) is 3.08. The molecule has 10 heteroatoms. The lowest BCUT2D eigenvalue weighted by molar-refractivity contribution is -0.136. The number of hydrogen-bond donors (Lipinski definition) is 2. The van der Waals surface area contributed by atoms with Crippen molar-refractivity contribution in [1.29, 1.82) is 0 Å². The number of rotatable bonds is 7. The van der Waals surface area contributed by atoms with Gasteiger partial charge in [0.05, 0.1) is 11.3 Å². The van der Waals surface area contributed by atoms with E-state index in [-0.39, 0.29) is 53.8 Å². The predicted octanol–water partition coefficient (Wildman–Crippen LogP) is 4.65. The van der Waals surface area contributed by atoms with Gasteiger partial charge in [0.15, 0.2) is 5.83 Å². The summed E-state index contributed by atoms with van der Waals surface area (Å²) in [4.78, 5) is 36.6. The van der Waals surface area contributed by atoms with Crippen molar-refractivity contribution in [2.24, 2.45) is 0 Å². The van der Waals surface area contributed by atoms with Crippen LogP contribution in [0.1, 0.15) is 52.4 Å². The minimum absolute atomic E-state index is 0.00453. The van der Waals surface area contributed by atoms with Crippen molar-refractivity contribution in [2.45, 2.75) is 39.7 Å². The number of carboxylic acid groups (broad SMARTS) is 1. The highest BCUT2D eigenvalue weighted by Gasteiger charge is 2.34. The Balaban J connectivity index is 2.74. The molecule has 7 nitrogen and oxygen atoms in total. The molecule has 0 radical (unpaired) electrons. The van der Waals surface area contributed by atoms with E-state index in [1.165, 1.54) is 25.9 Å². The molecular formula is C21H23F3N2O5. The molecule has 0 spiro atoms. The number of nitrogens with one attached hydrogen (secondary N) is 1. The topological polar surface area (TPSA) is 95.9 Å². The summed E-state index contributed by atoms with van der Waals surface area (Å²) in [5.74, 6) is -3.51. The van der Waals surface area contributed by atoms with Crippen LogP contribution >= 0.6 is 0 Å². The van der Waals surface area contributed by atoms with Crippen LogP contribution in [0.15, 0.2) is 17.7 Å². The maximum atomic E-state index is 14.6. The monoisotopic (exact) mass is 440 g/mol. The van der Waals surface area contributed by atoms with Gasteiger partial charge in [0, 0.05) is 31.6 Å². The molecule has 1 aliphatic rings. The maximum Gasteiger partial charge on any atom is 0.341 e. The summed E-state index contributed by atoms with van der Waals surface area (Å²) in [7, 11) is 2.89. The van der Waals surface area contributed by atoms with Gasteiger partial charge in [-0.1, -0.05) is 11.6 Å². The van der Waals surface area contributed by atoms with Gasteiger partial charge in [-0.05, 0) is 37.8 Å². The Kier molecular flexibility index (Phi) is 7.48. The predicted molar refractivity (Wildman–Crippen MR) is 108 cm³/mol. The zero-order valence-electron chi connectivity index (χ0n) is 17.6. The van der Waals surface area contributed by atoms with E-state index < -0.39 is 35.4 Å². The number of ether oxygens (including phenoxy) is 1. The summed E-state index contributed by atoms with van der Waals surface area (Å²) < 4.78 is 46.1. The van der Waals surface area contributed by atoms with Crippen molar-refractivity contribution in [1.82, 2.24) is 4.90 Å². The van der Waals surface area contributed by atoms with Crippen molar-refractivity contribution >= 4 is 29.5 Å². The Morgan fingerprint density at radius 3 is 2.42 bits per heavy atom. The molecule has 1 heterocycles. The molecule has 2 rings (SSSR count). The highest BCUT2D eigenvalue weighted by molar-refractivity contribution is 6.06. The van der Waals surface area contributed by atoms with Gasteiger partial charge in [0.2, 0.25) is 0 Å². The first-order chi connectivity index (χ1) is 14.5. The quantitative estimate of drug-likeness (QED) is 0.475. The van der Waals surface area contributed by atoms with E-state index >= 15 is 0 Å². The summed E-state index contributed by atoms with van der Waals surface area (Å²) in [6.45, 7) is 2.82. The number of aliphatic carboxylic acids is 1. The van der Waals surface area contributed by atoms with Gasteiger partial charge in [-0.3, -0.25) is 4.79 Å². The SMILES string of the molecule is C/C(=C\Cc1c(NC(=O)N(C)C)c2c(c(C)c1C(F)=C(F)F)COC2=O)CCC(=O)O. The van der Waals surface area contributed by atoms with E-state index in [0.29, 0.717) is 5.57 Å². The Labute approximate surface area is 177 Å². The average molecular weight is 440 g/mol. The van der Waals surface area contributed by atoms with E-state index in [1.54, 1.807) is 13.0 Å². The van der Waals surface area contributed by atoms with Gasteiger partial charge in [-0.2, -0.15) is 8.78 Å². The molecule has 0 unspecified atom stereocenters. The lowest BCUT2D eigenvalue weighted by atomic mass is 9.88. The minimum atomic E-state index is -2.54. The van der Waals surface area contributed by atoms with Gasteiger partial charge in [0.1, 0.15) is 6.61 Å². The molecule has 0 saturated carbocycles. The van der Waals surface area contributed by atoms with Gasteiger partial charge >= 0.3 is 24.1 Å². The molecule has 1 aromatic carbocycles. The number of carbonyl (C=O) groups excluding carboxylic acids is 2. The summed E-state index contributed by atoms with van der Waals surface area (Å²) in [6, 6.07) is -0.644. The van der Waals surface area contributed by atoms with Crippen molar-refractivity contribution < 1.29 is 37.4 Å². The summed E-state index contributed by atoms with van der Waals surface area (Å²) >= 11 is 0. The van der Waals surface area contributed by atoms with Gasteiger partial charge in [-0.15, -0.1) is 0 Å². The number of halogens is 3. The molecule has 2 N–H and O–H groups in total. The van der Waals surface area contributed by atoms with Crippen molar-refractivity contribution in [2.75, 3.05) is 19.4 Å². The Hall–Kier alpha value is -3.30. The van der Waals surface area contributed by atoms with Crippen LogP contribution in [-0.2, 0) is 22.6 Å². The number of fused-ring (bicyclic) bond motifs is 1. The van der Waals surface area contributed by atoms with E-state index in [2.05, 4.69) is 5.32 Å². The van der Waals surface area contributed by atoms with Crippen LogP contribution in [0, 0.1) is 6.92 Å². The first-order valence-electron chi connectivity index (χ1n) is 9.37. The highest BCUT2D eigenvalue weighted by Crippen LogP contribution is 2.41. The molecular weight excluding hydrogens is 417 g/mol. The Morgan fingerprint density at radius 2 is 1.87 bits per heavy atom. The summed E-state index contributed by atoms with van der Waals surface area (Å²) in [5, 5.41) is 11.3. The fourth-order valence-corrected chi connectivity index (χ4v) is 3.24. The summed E-state index contributed by atoms with van der Waals surface area (Å²) in [6.07, 6.45) is -1.03. The van der Waals surface area contributed by atoms with Crippen LogP contribution in [0.5, 0.6) is 0 Å². The second-order valence-corrected chi connectivity index (χ2v) is 7.33. The standard InChI is InChI=1S/C21H23F3N2O5/c1-10(6-8-14(27)28)5-7-12-15(17(22)19(23)24)11(2)13-9-31-20(29)16(13)18(12)25-21(30)26(3)4/h5H,6-9H2,1-4H3,(H,25,30)(H,27,28)/b10-5+. The molecule has 0 saturated heterocycles. The van der Waals surface area contributed by atoms with E-state index in [9.17, 15) is 27.6 Å². The molecule has 168 valence electrons. The fraction of sp³-hybridized carbons (Fsp3) is 0.381. The normalized spacial score (nSPS) is 12.9. The number of cyclic esters (lactones) is 1. The van der Waals surface area contributed by atoms with Crippen molar-refractivity contribution in [3.63, 3.8) is 0 Å². The van der Waals surface area contributed by atoms with Crippen LogP contribution in [0.2, 0.25) is 0 Å². The van der Waals surface area contributed by atoms with Crippen LogP contribution < -0.4 is 5.32 Å². The third kappa shape index (κ3) is 5.25. The number of anilines is 1. The number of urea groups is 1. The fourth-order valence-electron chi connectivity index (χ4n) is 3.24. The van der Waals surface area contributed by atoms with Crippen molar-refractivity contribution in [3.8, 4) is 0 Å². The Morgan fingerprint density at radius 1 is 1.23 bits per heavy atom. The first kappa shape index (κ1) is 24.0. The molecule has 0 fully saturated rings. The first-order valence-corrected chi connectivity index (χ1v) is 9.37. The van der Waals surface area contributed by atoms with Crippen molar-refractivity contribution in [3.05, 3.63) is 45.5 Å². The number of carbonyl (C=O) groups is 3. The van der Waals surface area contributed by atoms with Gasteiger partial charge < -0.3 is 20.1 Å². The van der Waals surface area contributed by atoms with Crippen LogP contribution in [0.25, 0.3) is 5.83 Å². The van der Waals surface area contributed by atoms with Crippen LogP contribution in [-0.4, -0.2) is 42.1 Å². The Bertz CT molecular complexity index is 995. The van der Waals surface area contributed by atoms with E-state index in [1.807, 2.05) is 0 Å². The van der Waals surface area contributed by atoms with E-state index in [4.69, 9.17) is 9.84 Å². The van der Waals surface area contributed by atoms with E-state index in [0.717, 1.165) is 0 Å². The van der Waals surface area contributed by atoms with Crippen LogP contribution in [0.3, 0.4) is 0 Å². The number of esters is 1. The number of nitrogens with zero attached hydrogens (tertiary/aromatic N) is 1. The molecule has 2 amide bonds. The molecule has 0 aliphatic carbocycles. The zero-order chi connectivity index (χ0) is 23.5. The molecule has 1 aliphatic heterocycles. The smallest absolute Gasteiger partial charge is 0.341 e. The lowest BCUT2D eigenvalue weighted by Crippen LogP contribution is -2.29. The second kappa shape index (κ2) is 9.67. The third-order valence-electron chi connectivity index (χ3n) is 4.95. The number of hydrogen-bond acceptors (Lipinski definition) is 4. The molecule has 0 bridgehead atoms. The second-order valence-electron chi connectivity index (χ2n) is 7.33. The number of allylic oxidation sites excluding steroid dienone is 2. The molecule has 1 aromatic rings. The number of benzene rings is 1. The lowest BCUT2D eigenvalue weighted by Gasteiger charge is -2.21. The zero-order valence-corrected chi connectivity index (χ0v) is 17.6. The minimum Gasteiger partial charge on any atom is -0.481 e. The largest absolute Gasteiger partial charge is 0.481 e.